The maximum absolute atomic E-state index is 5.82. The summed E-state index contributed by atoms with van der Waals surface area (Å²) in [7, 11) is 1.76. The second-order valence-corrected chi connectivity index (χ2v) is 8.14. The zero-order chi connectivity index (χ0) is 20.7. The lowest BCUT2D eigenvalue weighted by Crippen LogP contribution is -2.49. The Morgan fingerprint density at radius 1 is 1.03 bits per heavy atom. The van der Waals surface area contributed by atoms with Crippen molar-refractivity contribution in [1.82, 2.24) is 19.9 Å². The molecular weight excluding hydrogens is 374 g/mol. The van der Waals surface area contributed by atoms with E-state index in [-0.39, 0.29) is 0 Å². The third-order valence-corrected chi connectivity index (χ3v) is 6.12. The second kappa shape index (κ2) is 7.61. The molecule has 1 fully saturated rings. The molecule has 0 spiro atoms. The monoisotopic (exact) mass is 401 g/mol. The lowest BCUT2D eigenvalue weighted by Gasteiger charge is -2.38. The van der Waals surface area contributed by atoms with Crippen LogP contribution in [0.15, 0.2) is 48.9 Å². The van der Waals surface area contributed by atoms with E-state index in [1.54, 1.807) is 13.3 Å². The first-order valence-corrected chi connectivity index (χ1v) is 10.5. The van der Waals surface area contributed by atoms with Gasteiger partial charge < -0.3 is 14.6 Å². The number of fused-ring (bicyclic) bond motifs is 3. The van der Waals surface area contributed by atoms with Crippen LogP contribution < -0.4 is 9.64 Å². The number of pyridine rings is 2. The number of H-pyrrole nitrogens is 1. The molecule has 6 nitrogen and oxygen atoms in total. The van der Waals surface area contributed by atoms with Crippen LogP contribution >= 0.6 is 0 Å². The molecular formula is C24H27N5O. The summed E-state index contributed by atoms with van der Waals surface area (Å²) in [6.45, 7) is 8.62. The lowest BCUT2D eigenvalue weighted by molar-refractivity contribution is 0.209. The molecule has 0 bridgehead atoms. The van der Waals surface area contributed by atoms with Crippen molar-refractivity contribution in [2.45, 2.75) is 19.9 Å². The zero-order valence-corrected chi connectivity index (χ0v) is 17.7. The molecule has 154 valence electrons. The highest BCUT2D eigenvalue weighted by Gasteiger charge is 2.24. The smallest absolute Gasteiger partial charge is 0.142 e. The number of aromatic amines is 1. The summed E-state index contributed by atoms with van der Waals surface area (Å²) in [5.74, 6) is 0.918. The molecule has 4 aromatic rings. The molecule has 3 aromatic heterocycles. The van der Waals surface area contributed by atoms with Crippen LogP contribution in [0.1, 0.15) is 13.8 Å². The number of aromatic nitrogens is 3. The van der Waals surface area contributed by atoms with Gasteiger partial charge in [-0.1, -0.05) is 0 Å². The largest absolute Gasteiger partial charge is 0.495 e. The molecule has 0 atom stereocenters. The minimum atomic E-state index is 0.575. The van der Waals surface area contributed by atoms with Gasteiger partial charge in [-0.3, -0.25) is 14.9 Å². The number of nitrogens with one attached hydrogen (secondary N) is 1. The number of hydrogen-bond acceptors (Lipinski definition) is 5. The molecule has 1 N–H and O–H groups in total. The van der Waals surface area contributed by atoms with Gasteiger partial charge in [-0.15, -0.1) is 0 Å². The van der Waals surface area contributed by atoms with Gasteiger partial charge in [0.25, 0.3) is 0 Å². The van der Waals surface area contributed by atoms with Crippen LogP contribution in [0.25, 0.3) is 33.1 Å². The highest BCUT2D eigenvalue weighted by molar-refractivity contribution is 6.15. The average Bonchev–Trinajstić information content (AvgIpc) is 3.17. The van der Waals surface area contributed by atoms with Crippen molar-refractivity contribution in [2.75, 3.05) is 38.2 Å². The minimum absolute atomic E-state index is 0.575. The Bertz CT molecular complexity index is 1180. The average molecular weight is 402 g/mol. The molecule has 0 amide bonds. The maximum Gasteiger partial charge on any atom is 0.142 e. The molecule has 1 aliphatic heterocycles. The summed E-state index contributed by atoms with van der Waals surface area (Å²) in [6, 6.07) is 10.9. The Hall–Kier alpha value is -3.12. The molecule has 1 saturated heterocycles. The molecule has 0 saturated carbocycles. The number of rotatable bonds is 4. The Kier molecular flexibility index (Phi) is 4.79. The SMILES string of the molecule is COc1ccc2[nH]c3cnc(-c4cccnc4)cc3c2c1N1CCN(C(C)C)CC1. The van der Waals surface area contributed by atoms with Crippen molar-refractivity contribution in [2.24, 2.45) is 0 Å². The van der Waals surface area contributed by atoms with E-state index < -0.39 is 0 Å². The maximum atomic E-state index is 5.82. The standard InChI is InChI=1S/C24H27N5O/c1-16(2)28-9-11-29(12-10-28)24-22(30-3)7-6-19-23(24)18-13-20(26-15-21(18)27-19)17-5-4-8-25-14-17/h4-8,13-16,27H,9-12H2,1-3H3. The molecule has 4 heterocycles. The molecule has 0 radical (unpaired) electrons. The van der Waals surface area contributed by atoms with Gasteiger partial charge in [0.15, 0.2) is 0 Å². The number of hydrogen-bond donors (Lipinski definition) is 1. The van der Waals surface area contributed by atoms with Crippen LogP contribution in [0.4, 0.5) is 5.69 Å². The third-order valence-electron chi connectivity index (χ3n) is 6.12. The summed E-state index contributed by atoms with van der Waals surface area (Å²) in [5, 5.41) is 2.37. The van der Waals surface area contributed by atoms with Crippen molar-refractivity contribution < 1.29 is 4.74 Å². The number of piperazine rings is 1. The number of nitrogens with zero attached hydrogens (tertiary/aromatic N) is 4. The molecule has 0 aliphatic carbocycles. The summed E-state index contributed by atoms with van der Waals surface area (Å²) in [5.41, 5.74) is 5.26. The first-order chi connectivity index (χ1) is 14.7. The topological polar surface area (TPSA) is 57.3 Å². The summed E-state index contributed by atoms with van der Waals surface area (Å²) < 4.78 is 5.82. The Morgan fingerprint density at radius 2 is 1.87 bits per heavy atom. The number of methoxy groups -OCH3 is 1. The third kappa shape index (κ3) is 3.17. The van der Waals surface area contributed by atoms with Gasteiger partial charge in [-0.2, -0.15) is 0 Å². The fourth-order valence-corrected chi connectivity index (χ4v) is 4.47. The van der Waals surface area contributed by atoms with E-state index in [0.717, 1.165) is 54.2 Å². The van der Waals surface area contributed by atoms with Gasteiger partial charge in [0.2, 0.25) is 0 Å². The van der Waals surface area contributed by atoms with Crippen molar-refractivity contribution in [3.05, 3.63) is 48.9 Å². The van der Waals surface area contributed by atoms with Crippen LogP contribution in [0, 0.1) is 0 Å². The van der Waals surface area contributed by atoms with Crippen LogP contribution in [0.5, 0.6) is 5.75 Å². The lowest BCUT2D eigenvalue weighted by atomic mass is 10.1. The van der Waals surface area contributed by atoms with Gasteiger partial charge in [0.05, 0.1) is 30.2 Å². The van der Waals surface area contributed by atoms with Crippen molar-refractivity contribution >= 4 is 27.5 Å². The fourth-order valence-electron chi connectivity index (χ4n) is 4.47. The van der Waals surface area contributed by atoms with Crippen LogP contribution in [-0.2, 0) is 0 Å². The summed E-state index contributed by atoms with van der Waals surface area (Å²) in [6.07, 6.45) is 5.56. The summed E-state index contributed by atoms with van der Waals surface area (Å²) in [4.78, 5) is 17.5. The quantitative estimate of drug-likeness (QED) is 0.552. The Balaban J connectivity index is 1.67. The van der Waals surface area contributed by atoms with Crippen LogP contribution in [-0.4, -0.2) is 59.2 Å². The normalized spacial score (nSPS) is 15.4. The number of anilines is 1. The number of benzene rings is 1. The predicted molar refractivity (Wildman–Crippen MR) is 122 cm³/mol. The first-order valence-electron chi connectivity index (χ1n) is 10.5. The highest BCUT2D eigenvalue weighted by atomic mass is 16.5. The van der Waals surface area contributed by atoms with E-state index >= 15 is 0 Å². The first kappa shape index (κ1) is 18.9. The zero-order valence-electron chi connectivity index (χ0n) is 17.7. The van der Waals surface area contributed by atoms with Gasteiger partial charge in [0, 0.05) is 66.5 Å². The van der Waals surface area contributed by atoms with Crippen molar-refractivity contribution in [1.29, 1.82) is 0 Å². The van der Waals surface area contributed by atoms with E-state index in [4.69, 9.17) is 4.74 Å². The van der Waals surface area contributed by atoms with E-state index in [9.17, 15) is 0 Å². The van der Waals surface area contributed by atoms with Gasteiger partial charge in [-0.05, 0) is 44.2 Å². The fraction of sp³-hybridized carbons (Fsp3) is 0.333. The van der Waals surface area contributed by atoms with Gasteiger partial charge >= 0.3 is 0 Å². The van der Waals surface area contributed by atoms with Crippen molar-refractivity contribution in [3.8, 4) is 17.0 Å². The molecule has 1 aromatic carbocycles. The predicted octanol–water partition coefficient (Wildman–Crippen LogP) is 4.32. The van der Waals surface area contributed by atoms with E-state index in [1.807, 2.05) is 24.5 Å². The molecule has 0 unspecified atom stereocenters. The molecule has 5 rings (SSSR count). The Labute approximate surface area is 176 Å². The highest BCUT2D eigenvalue weighted by Crippen LogP contribution is 2.41. The molecule has 1 aliphatic rings. The van der Waals surface area contributed by atoms with Crippen LogP contribution in [0.3, 0.4) is 0 Å². The van der Waals surface area contributed by atoms with E-state index in [2.05, 4.69) is 56.8 Å². The van der Waals surface area contributed by atoms with Crippen molar-refractivity contribution in [3.63, 3.8) is 0 Å². The van der Waals surface area contributed by atoms with E-state index in [0.29, 0.717) is 6.04 Å². The van der Waals surface area contributed by atoms with Crippen LogP contribution in [0.2, 0.25) is 0 Å². The van der Waals surface area contributed by atoms with E-state index in [1.165, 1.54) is 16.5 Å². The molecule has 6 heteroatoms. The van der Waals surface area contributed by atoms with Gasteiger partial charge in [-0.25, -0.2) is 0 Å². The minimum Gasteiger partial charge on any atom is -0.495 e. The molecule has 30 heavy (non-hydrogen) atoms. The van der Waals surface area contributed by atoms with Gasteiger partial charge in [0.1, 0.15) is 5.75 Å². The number of ether oxygens (including phenoxy) is 1. The summed E-state index contributed by atoms with van der Waals surface area (Å²) >= 11 is 0. The second-order valence-electron chi connectivity index (χ2n) is 8.14. The Morgan fingerprint density at radius 3 is 2.57 bits per heavy atom.